The van der Waals surface area contributed by atoms with E-state index in [1.165, 1.54) is 12.4 Å². The molecule has 0 aliphatic carbocycles. The second kappa shape index (κ2) is 8.68. The van der Waals surface area contributed by atoms with E-state index in [9.17, 15) is 0 Å². The maximum Gasteiger partial charge on any atom is 0.164 e. The van der Waals surface area contributed by atoms with Crippen LogP contribution in [0.1, 0.15) is 39.7 Å². The number of fused-ring (bicyclic) bond motifs is 1. The van der Waals surface area contributed by atoms with Crippen LogP contribution < -0.4 is 10.5 Å². The SMILES string of the molecule is CC(C)(C)N1CCC(n2nc(-c3ccc(Oc4ccccc4)cc3F)c3c(N)ncnc32)CC1. The lowest BCUT2D eigenvalue weighted by molar-refractivity contribution is 0.0880. The zero-order valence-corrected chi connectivity index (χ0v) is 19.7. The number of benzene rings is 2. The lowest BCUT2D eigenvalue weighted by Gasteiger charge is -2.40. The average Bonchev–Trinajstić information content (AvgIpc) is 3.20. The molecule has 176 valence electrons. The van der Waals surface area contributed by atoms with Gasteiger partial charge in [0.2, 0.25) is 0 Å². The van der Waals surface area contributed by atoms with Crippen molar-refractivity contribution < 1.29 is 9.13 Å². The highest BCUT2D eigenvalue weighted by molar-refractivity contribution is 5.98. The van der Waals surface area contributed by atoms with Crippen molar-refractivity contribution in [2.45, 2.75) is 45.2 Å². The molecule has 0 unspecified atom stereocenters. The molecule has 1 saturated heterocycles. The highest BCUT2D eigenvalue weighted by Crippen LogP contribution is 2.37. The standard InChI is InChI=1S/C26H29FN6O/c1-26(2,3)32-13-11-17(12-14-32)33-25-22(24(28)29-16-30-25)23(31-33)20-10-9-19(15-21(20)27)34-18-7-5-4-6-8-18/h4-10,15-17H,11-14H2,1-3H3,(H2,28,29,30). The van der Waals surface area contributed by atoms with Gasteiger partial charge in [-0.05, 0) is 57.9 Å². The summed E-state index contributed by atoms with van der Waals surface area (Å²) in [6.07, 6.45) is 3.31. The fourth-order valence-electron chi connectivity index (χ4n) is 4.60. The van der Waals surface area contributed by atoms with Crippen LogP contribution in [0.5, 0.6) is 11.5 Å². The van der Waals surface area contributed by atoms with Crippen LogP contribution in [0.3, 0.4) is 0 Å². The molecular formula is C26H29FN6O. The van der Waals surface area contributed by atoms with Crippen molar-refractivity contribution >= 4 is 16.9 Å². The van der Waals surface area contributed by atoms with E-state index < -0.39 is 5.82 Å². The summed E-state index contributed by atoms with van der Waals surface area (Å²) in [6, 6.07) is 14.2. The van der Waals surface area contributed by atoms with E-state index in [-0.39, 0.29) is 11.6 Å². The Kier molecular flexibility index (Phi) is 5.69. The van der Waals surface area contributed by atoms with Gasteiger partial charge in [0.05, 0.1) is 11.4 Å². The zero-order chi connectivity index (χ0) is 23.9. The van der Waals surface area contributed by atoms with Gasteiger partial charge in [0.15, 0.2) is 5.65 Å². The van der Waals surface area contributed by atoms with E-state index in [1.807, 2.05) is 35.0 Å². The first-order chi connectivity index (χ1) is 16.3. The van der Waals surface area contributed by atoms with Crippen LogP contribution in [0.4, 0.5) is 10.2 Å². The Morgan fingerprint density at radius 1 is 1.00 bits per heavy atom. The first-order valence-electron chi connectivity index (χ1n) is 11.6. The predicted molar refractivity (Wildman–Crippen MR) is 131 cm³/mol. The Balaban J connectivity index is 1.50. The Morgan fingerprint density at radius 2 is 1.74 bits per heavy atom. The molecule has 4 aromatic rings. The van der Waals surface area contributed by atoms with E-state index in [4.69, 9.17) is 15.6 Å². The largest absolute Gasteiger partial charge is 0.457 e. The number of ether oxygens (including phenoxy) is 1. The quantitative estimate of drug-likeness (QED) is 0.437. The molecule has 7 nitrogen and oxygen atoms in total. The smallest absolute Gasteiger partial charge is 0.164 e. The van der Waals surface area contributed by atoms with Crippen LogP contribution in [0.25, 0.3) is 22.3 Å². The normalized spacial score (nSPS) is 15.6. The van der Waals surface area contributed by atoms with Crippen molar-refractivity contribution in [3.8, 4) is 22.8 Å². The number of rotatable bonds is 4. The van der Waals surface area contributed by atoms with E-state index >= 15 is 4.39 Å². The summed E-state index contributed by atoms with van der Waals surface area (Å²) in [5.41, 5.74) is 7.80. The summed E-state index contributed by atoms with van der Waals surface area (Å²) in [5.74, 6) is 0.909. The third kappa shape index (κ3) is 4.21. The molecule has 1 aliphatic heterocycles. The van der Waals surface area contributed by atoms with Gasteiger partial charge < -0.3 is 10.5 Å². The molecule has 2 N–H and O–H groups in total. The Labute approximate surface area is 198 Å². The summed E-state index contributed by atoms with van der Waals surface area (Å²) in [7, 11) is 0. The molecule has 1 aliphatic rings. The Morgan fingerprint density at radius 3 is 2.41 bits per heavy atom. The van der Waals surface area contributed by atoms with Crippen LogP contribution >= 0.6 is 0 Å². The molecule has 0 atom stereocenters. The number of piperidine rings is 1. The molecule has 2 aromatic carbocycles. The minimum atomic E-state index is -0.439. The number of nitrogen functional groups attached to an aromatic ring is 1. The molecule has 0 spiro atoms. The molecule has 5 rings (SSSR count). The number of nitrogens with two attached hydrogens (primary N) is 1. The molecule has 34 heavy (non-hydrogen) atoms. The van der Waals surface area contributed by atoms with E-state index in [1.54, 1.807) is 12.1 Å². The van der Waals surface area contributed by atoms with Crippen molar-refractivity contribution in [2.75, 3.05) is 18.8 Å². The lowest BCUT2D eigenvalue weighted by Crippen LogP contribution is -2.46. The fourth-order valence-corrected chi connectivity index (χ4v) is 4.60. The number of halogens is 1. The third-order valence-corrected chi connectivity index (χ3v) is 6.45. The van der Waals surface area contributed by atoms with Gasteiger partial charge in [0.1, 0.15) is 35.2 Å². The molecule has 1 fully saturated rings. The molecule has 3 heterocycles. The summed E-state index contributed by atoms with van der Waals surface area (Å²) < 4.78 is 23.0. The summed E-state index contributed by atoms with van der Waals surface area (Å²) >= 11 is 0. The first-order valence-corrected chi connectivity index (χ1v) is 11.6. The minimum absolute atomic E-state index is 0.127. The van der Waals surface area contributed by atoms with Gasteiger partial charge in [0, 0.05) is 30.3 Å². The molecule has 2 aromatic heterocycles. The first kappa shape index (κ1) is 22.3. The summed E-state index contributed by atoms with van der Waals surface area (Å²) in [4.78, 5) is 11.1. The van der Waals surface area contributed by atoms with Crippen LogP contribution in [-0.2, 0) is 0 Å². The van der Waals surface area contributed by atoms with E-state index in [0.717, 1.165) is 25.9 Å². The van der Waals surface area contributed by atoms with Crippen LogP contribution in [0, 0.1) is 5.82 Å². The summed E-state index contributed by atoms with van der Waals surface area (Å²) in [5, 5.41) is 5.42. The lowest BCUT2D eigenvalue weighted by atomic mass is 9.98. The number of anilines is 1. The maximum atomic E-state index is 15.3. The number of para-hydroxylation sites is 1. The van der Waals surface area contributed by atoms with Gasteiger partial charge in [-0.2, -0.15) is 5.10 Å². The highest BCUT2D eigenvalue weighted by Gasteiger charge is 2.30. The highest BCUT2D eigenvalue weighted by atomic mass is 19.1. The van der Waals surface area contributed by atoms with Crippen LogP contribution in [-0.4, -0.2) is 43.3 Å². The van der Waals surface area contributed by atoms with Gasteiger partial charge in [-0.1, -0.05) is 18.2 Å². The van der Waals surface area contributed by atoms with Crippen LogP contribution in [0.15, 0.2) is 54.9 Å². The third-order valence-electron chi connectivity index (χ3n) is 6.45. The van der Waals surface area contributed by atoms with E-state index in [2.05, 4.69) is 35.6 Å². The number of nitrogens with zero attached hydrogens (tertiary/aromatic N) is 5. The molecule has 0 amide bonds. The van der Waals surface area contributed by atoms with Gasteiger partial charge in [-0.25, -0.2) is 19.0 Å². The predicted octanol–water partition coefficient (Wildman–Crippen LogP) is 5.44. The van der Waals surface area contributed by atoms with Crippen molar-refractivity contribution in [3.05, 3.63) is 60.7 Å². The Bertz CT molecular complexity index is 1310. The van der Waals surface area contributed by atoms with Crippen molar-refractivity contribution in [1.29, 1.82) is 0 Å². The van der Waals surface area contributed by atoms with Crippen molar-refractivity contribution in [1.82, 2.24) is 24.6 Å². The number of hydrogen-bond acceptors (Lipinski definition) is 6. The van der Waals surface area contributed by atoms with Gasteiger partial charge in [0.25, 0.3) is 0 Å². The number of likely N-dealkylation sites (tertiary alicyclic amines) is 1. The minimum Gasteiger partial charge on any atom is -0.457 e. The van der Waals surface area contributed by atoms with Crippen molar-refractivity contribution in [3.63, 3.8) is 0 Å². The Hall–Kier alpha value is -3.52. The summed E-state index contributed by atoms with van der Waals surface area (Å²) in [6.45, 7) is 8.63. The van der Waals surface area contributed by atoms with Crippen LogP contribution in [0.2, 0.25) is 0 Å². The average molecular weight is 461 g/mol. The maximum absolute atomic E-state index is 15.3. The number of hydrogen-bond donors (Lipinski definition) is 1. The fraction of sp³-hybridized carbons (Fsp3) is 0.346. The van der Waals surface area contributed by atoms with Gasteiger partial charge >= 0.3 is 0 Å². The second-order valence-corrected chi connectivity index (χ2v) is 9.70. The molecule has 0 bridgehead atoms. The molecular weight excluding hydrogens is 431 g/mol. The second-order valence-electron chi connectivity index (χ2n) is 9.70. The molecule has 0 saturated carbocycles. The monoisotopic (exact) mass is 460 g/mol. The molecule has 0 radical (unpaired) electrons. The molecule has 8 heteroatoms. The number of aromatic nitrogens is 4. The topological polar surface area (TPSA) is 82.1 Å². The van der Waals surface area contributed by atoms with Gasteiger partial charge in [-0.15, -0.1) is 0 Å². The van der Waals surface area contributed by atoms with Gasteiger partial charge in [-0.3, -0.25) is 4.90 Å². The van der Waals surface area contributed by atoms with E-state index in [0.29, 0.717) is 39.6 Å². The zero-order valence-electron chi connectivity index (χ0n) is 19.7. The van der Waals surface area contributed by atoms with Crippen molar-refractivity contribution in [2.24, 2.45) is 0 Å².